The highest BCUT2D eigenvalue weighted by atomic mass is 31.1. The van der Waals surface area contributed by atoms with E-state index in [0.29, 0.717) is 11.4 Å². The molecular weight excluding hydrogens is 383 g/mol. The van der Waals surface area contributed by atoms with Gasteiger partial charge in [-0.2, -0.15) is 0 Å². The standard InChI is InChI=1S/C27H19N2P/c1-20-18-19-24(27(29-3)26(20)28-2)23-16-10-11-17-25(23)30(21-12-6-4-7-13-21)22-14-8-5-9-15-22/h4-19H,1H3. The highest BCUT2D eigenvalue weighted by molar-refractivity contribution is 7.80. The third-order valence-electron chi connectivity index (χ3n) is 5.04. The molecule has 0 unspecified atom stereocenters. The summed E-state index contributed by atoms with van der Waals surface area (Å²) in [6, 6.07) is 33.3. The van der Waals surface area contributed by atoms with E-state index in [0.717, 1.165) is 16.7 Å². The summed E-state index contributed by atoms with van der Waals surface area (Å²) >= 11 is 0. The van der Waals surface area contributed by atoms with Crippen LogP contribution in [0.2, 0.25) is 0 Å². The topological polar surface area (TPSA) is 8.72 Å². The normalized spacial score (nSPS) is 10.4. The predicted molar refractivity (Wildman–Crippen MR) is 128 cm³/mol. The predicted octanol–water partition coefficient (Wildman–Crippen LogP) is 6.52. The number of benzene rings is 4. The fraction of sp³-hybridized carbons (Fsp3) is 0.0370. The molecule has 0 heterocycles. The van der Waals surface area contributed by atoms with Gasteiger partial charge in [0.05, 0.1) is 13.1 Å². The molecular formula is C27H19N2P. The SMILES string of the molecule is [C-]#[N+]c1c(C)ccc(-c2ccccc2P(c2ccccc2)c2ccccc2)c1[N+]#[C-]. The Hall–Kier alpha value is -3.71. The molecule has 0 atom stereocenters. The zero-order valence-corrected chi connectivity index (χ0v) is 17.5. The van der Waals surface area contributed by atoms with E-state index < -0.39 is 7.92 Å². The van der Waals surface area contributed by atoms with E-state index in [2.05, 4.69) is 76.4 Å². The summed E-state index contributed by atoms with van der Waals surface area (Å²) in [5.41, 5.74) is 3.57. The second kappa shape index (κ2) is 8.75. The van der Waals surface area contributed by atoms with E-state index in [9.17, 15) is 0 Å². The molecule has 0 saturated carbocycles. The van der Waals surface area contributed by atoms with E-state index in [1.165, 1.54) is 15.9 Å². The summed E-state index contributed by atoms with van der Waals surface area (Å²) in [6.07, 6.45) is 0. The molecule has 0 aliphatic heterocycles. The maximum absolute atomic E-state index is 7.77. The maximum Gasteiger partial charge on any atom is 0.202 e. The highest BCUT2D eigenvalue weighted by Crippen LogP contribution is 2.44. The lowest BCUT2D eigenvalue weighted by Gasteiger charge is -2.23. The summed E-state index contributed by atoms with van der Waals surface area (Å²) in [5.74, 6) is 0. The summed E-state index contributed by atoms with van der Waals surface area (Å²) < 4.78 is 0. The van der Waals surface area contributed by atoms with Crippen molar-refractivity contribution < 1.29 is 0 Å². The molecule has 0 aromatic heterocycles. The molecule has 0 spiro atoms. The van der Waals surface area contributed by atoms with E-state index in [-0.39, 0.29) is 0 Å². The number of rotatable bonds is 4. The molecule has 4 aromatic carbocycles. The van der Waals surface area contributed by atoms with Gasteiger partial charge in [0, 0.05) is 0 Å². The minimum atomic E-state index is -0.810. The van der Waals surface area contributed by atoms with Gasteiger partial charge in [-0.15, -0.1) is 0 Å². The molecule has 0 N–H and O–H groups in total. The van der Waals surface area contributed by atoms with E-state index in [1.54, 1.807) is 0 Å². The number of hydrogen-bond donors (Lipinski definition) is 0. The van der Waals surface area contributed by atoms with Crippen LogP contribution in [0.1, 0.15) is 5.56 Å². The first kappa shape index (κ1) is 19.6. The van der Waals surface area contributed by atoms with Gasteiger partial charge in [0.15, 0.2) is 5.69 Å². The largest absolute Gasteiger partial charge is 0.250 e. The van der Waals surface area contributed by atoms with Gasteiger partial charge in [-0.05, 0) is 35.0 Å². The minimum absolute atomic E-state index is 0.438. The van der Waals surface area contributed by atoms with Crippen molar-refractivity contribution in [3.05, 3.63) is 125 Å². The number of hydrogen-bond acceptors (Lipinski definition) is 0. The molecule has 4 rings (SSSR count). The molecule has 0 radical (unpaired) electrons. The van der Waals surface area contributed by atoms with E-state index in [1.807, 2.05) is 37.3 Å². The van der Waals surface area contributed by atoms with Crippen molar-refractivity contribution in [2.75, 3.05) is 0 Å². The Morgan fingerprint density at radius 3 is 1.67 bits per heavy atom. The Kier molecular flexibility index (Phi) is 5.72. The summed E-state index contributed by atoms with van der Waals surface area (Å²) in [5, 5.41) is 3.70. The lowest BCUT2D eigenvalue weighted by Crippen LogP contribution is -2.22. The van der Waals surface area contributed by atoms with Gasteiger partial charge >= 0.3 is 0 Å². The summed E-state index contributed by atoms with van der Waals surface area (Å²) in [7, 11) is -0.810. The van der Waals surface area contributed by atoms with Gasteiger partial charge in [-0.25, -0.2) is 9.69 Å². The van der Waals surface area contributed by atoms with Gasteiger partial charge in [0.1, 0.15) is 0 Å². The van der Waals surface area contributed by atoms with Gasteiger partial charge < -0.3 is 0 Å². The first-order valence-corrected chi connectivity index (χ1v) is 11.0. The van der Waals surface area contributed by atoms with E-state index >= 15 is 0 Å². The second-order valence-corrected chi connectivity index (χ2v) is 9.06. The lowest BCUT2D eigenvalue weighted by atomic mass is 10.00. The molecule has 4 aromatic rings. The van der Waals surface area contributed by atoms with Crippen LogP contribution in [0.3, 0.4) is 0 Å². The second-order valence-electron chi connectivity index (χ2n) is 6.87. The van der Waals surface area contributed by atoms with Crippen LogP contribution < -0.4 is 15.9 Å². The van der Waals surface area contributed by atoms with Crippen LogP contribution in [0, 0.1) is 20.1 Å². The van der Waals surface area contributed by atoms with Crippen molar-refractivity contribution in [2.24, 2.45) is 0 Å². The third kappa shape index (κ3) is 3.62. The minimum Gasteiger partial charge on any atom is -0.250 e. The fourth-order valence-corrected chi connectivity index (χ4v) is 6.10. The third-order valence-corrected chi connectivity index (χ3v) is 7.54. The molecule has 0 saturated heterocycles. The molecule has 0 amide bonds. The van der Waals surface area contributed by atoms with E-state index in [4.69, 9.17) is 13.1 Å². The summed E-state index contributed by atoms with van der Waals surface area (Å²) in [6.45, 7) is 17.2. The van der Waals surface area contributed by atoms with Gasteiger partial charge in [-0.3, -0.25) is 0 Å². The Labute approximate surface area is 178 Å². The van der Waals surface area contributed by atoms with Gasteiger partial charge in [0.25, 0.3) is 0 Å². The number of aryl methyl sites for hydroxylation is 1. The monoisotopic (exact) mass is 402 g/mol. The first-order valence-electron chi connectivity index (χ1n) is 9.62. The average Bonchev–Trinajstić information content (AvgIpc) is 2.81. The first-order chi connectivity index (χ1) is 14.7. The Morgan fingerprint density at radius 1 is 0.567 bits per heavy atom. The maximum atomic E-state index is 7.77. The van der Waals surface area contributed by atoms with Crippen LogP contribution in [0.5, 0.6) is 0 Å². The average molecular weight is 402 g/mol. The van der Waals surface area contributed by atoms with Crippen molar-refractivity contribution in [3.8, 4) is 11.1 Å². The molecule has 2 nitrogen and oxygen atoms in total. The van der Waals surface area contributed by atoms with Gasteiger partial charge in [-0.1, -0.05) is 110 Å². The highest BCUT2D eigenvalue weighted by Gasteiger charge is 2.22. The van der Waals surface area contributed by atoms with Crippen LogP contribution in [-0.4, -0.2) is 0 Å². The van der Waals surface area contributed by atoms with Crippen molar-refractivity contribution >= 4 is 35.2 Å². The lowest BCUT2D eigenvalue weighted by molar-refractivity contribution is 1.49. The van der Waals surface area contributed by atoms with Crippen LogP contribution in [0.15, 0.2) is 97.1 Å². The van der Waals surface area contributed by atoms with Crippen LogP contribution >= 0.6 is 7.92 Å². The Bertz CT molecular complexity index is 1230. The Balaban J connectivity index is 2.00. The zero-order valence-electron chi connectivity index (χ0n) is 16.6. The Morgan fingerprint density at radius 2 is 1.10 bits per heavy atom. The van der Waals surface area contributed by atoms with Crippen LogP contribution in [0.25, 0.3) is 20.8 Å². The molecule has 30 heavy (non-hydrogen) atoms. The molecule has 0 bridgehead atoms. The van der Waals surface area contributed by atoms with Crippen molar-refractivity contribution in [3.63, 3.8) is 0 Å². The number of nitrogens with zero attached hydrogens (tertiary/aromatic N) is 2. The van der Waals surface area contributed by atoms with Crippen LogP contribution in [-0.2, 0) is 0 Å². The fourth-order valence-electron chi connectivity index (χ4n) is 3.63. The van der Waals surface area contributed by atoms with Crippen molar-refractivity contribution in [1.29, 1.82) is 0 Å². The molecule has 142 valence electrons. The molecule has 3 heteroatoms. The molecule has 0 fully saturated rings. The molecule has 0 aliphatic carbocycles. The van der Waals surface area contributed by atoms with Crippen molar-refractivity contribution in [2.45, 2.75) is 6.92 Å². The smallest absolute Gasteiger partial charge is 0.202 e. The van der Waals surface area contributed by atoms with Gasteiger partial charge in [0.2, 0.25) is 5.69 Å². The van der Waals surface area contributed by atoms with Crippen LogP contribution in [0.4, 0.5) is 11.4 Å². The molecule has 0 aliphatic rings. The summed E-state index contributed by atoms with van der Waals surface area (Å²) in [4.78, 5) is 7.43. The quantitative estimate of drug-likeness (QED) is 0.271. The van der Waals surface area contributed by atoms with Crippen molar-refractivity contribution in [1.82, 2.24) is 0 Å². The zero-order chi connectivity index (χ0) is 20.9.